The standard InChI is InChI=1S/C15H17Cl2F3N2O3/c1-3-5-12(23)22-14(15(18,19)20,13(24)25-4-2)21-9-6-7-10(16)11(17)8-9/h6-8,21H,3-5H2,1-2H3,(H,22,23). The first kappa shape index (κ1) is 21.4. The molecule has 1 atom stereocenters. The number of carbonyl (C=O) groups excluding carboxylic acids is 2. The molecule has 0 aliphatic rings. The van der Waals surface area contributed by atoms with Crippen LogP contribution in [0.1, 0.15) is 26.7 Å². The lowest BCUT2D eigenvalue weighted by molar-refractivity contribution is -0.207. The van der Waals surface area contributed by atoms with Crippen LogP contribution >= 0.6 is 23.2 Å². The van der Waals surface area contributed by atoms with Crippen LogP contribution in [-0.2, 0) is 14.3 Å². The number of hydrogen-bond acceptors (Lipinski definition) is 4. The molecule has 0 aliphatic carbocycles. The van der Waals surface area contributed by atoms with Gasteiger partial charge in [0.25, 0.3) is 0 Å². The molecule has 1 amide bonds. The number of nitrogens with one attached hydrogen (secondary N) is 2. The molecule has 0 aliphatic heterocycles. The molecule has 0 saturated carbocycles. The Hall–Kier alpha value is -1.67. The molecule has 0 heterocycles. The minimum atomic E-state index is -5.19. The summed E-state index contributed by atoms with van der Waals surface area (Å²) in [6.45, 7) is 2.67. The summed E-state index contributed by atoms with van der Waals surface area (Å²) < 4.78 is 45.9. The van der Waals surface area contributed by atoms with Crippen LogP contribution in [0.5, 0.6) is 0 Å². The normalized spacial score (nSPS) is 13.7. The molecule has 10 heteroatoms. The topological polar surface area (TPSA) is 67.4 Å². The highest BCUT2D eigenvalue weighted by Gasteiger charge is 2.63. The number of rotatable bonds is 7. The van der Waals surface area contributed by atoms with E-state index in [-0.39, 0.29) is 28.8 Å². The lowest BCUT2D eigenvalue weighted by Gasteiger charge is -2.35. The summed E-state index contributed by atoms with van der Waals surface area (Å²) in [6.07, 6.45) is -5.08. The number of alkyl halides is 3. The van der Waals surface area contributed by atoms with Gasteiger partial charge in [0, 0.05) is 12.1 Å². The summed E-state index contributed by atoms with van der Waals surface area (Å²) in [5.41, 5.74) is -3.62. The smallest absolute Gasteiger partial charge is 0.441 e. The minimum absolute atomic E-state index is 0.0218. The average molecular weight is 401 g/mol. The van der Waals surface area contributed by atoms with E-state index in [0.29, 0.717) is 6.42 Å². The van der Waals surface area contributed by atoms with Crippen LogP contribution in [0.25, 0.3) is 0 Å². The van der Waals surface area contributed by atoms with E-state index in [0.717, 1.165) is 6.07 Å². The third-order valence-electron chi connectivity index (χ3n) is 3.06. The Morgan fingerprint density at radius 2 is 1.80 bits per heavy atom. The second kappa shape index (κ2) is 8.62. The van der Waals surface area contributed by atoms with Crippen LogP contribution in [0.15, 0.2) is 18.2 Å². The van der Waals surface area contributed by atoms with E-state index in [2.05, 4.69) is 4.74 Å². The number of anilines is 1. The average Bonchev–Trinajstić information content (AvgIpc) is 2.49. The summed E-state index contributed by atoms with van der Waals surface area (Å²) >= 11 is 11.5. The third kappa shape index (κ3) is 5.15. The van der Waals surface area contributed by atoms with Gasteiger partial charge in [0.2, 0.25) is 5.91 Å². The maximum atomic E-state index is 13.8. The largest absolute Gasteiger partial charge is 0.463 e. The zero-order valence-corrected chi connectivity index (χ0v) is 15.0. The van der Waals surface area contributed by atoms with E-state index >= 15 is 0 Å². The maximum Gasteiger partial charge on any atom is 0.441 e. The monoisotopic (exact) mass is 400 g/mol. The predicted molar refractivity (Wildman–Crippen MR) is 88.6 cm³/mol. The van der Waals surface area contributed by atoms with Crippen LogP contribution < -0.4 is 10.6 Å². The fraction of sp³-hybridized carbons (Fsp3) is 0.467. The van der Waals surface area contributed by atoms with Crippen molar-refractivity contribution in [2.75, 3.05) is 11.9 Å². The minimum Gasteiger partial charge on any atom is -0.463 e. The van der Waals surface area contributed by atoms with Crippen molar-refractivity contribution in [2.45, 2.75) is 38.5 Å². The van der Waals surface area contributed by atoms with E-state index < -0.39 is 23.7 Å². The Kier molecular flexibility index (Phi) is 7.37. The van der Waals surface area contributed by atoms with Crippen LogP contribution in [0.2, 0.25) is 10.0 Å². The van der Waals surface area contributed by atoms with Gasteiger partial charge in [0.1, 0.15) is 0 Å². The molecule has 5 nitrogen and oxygen atoms in total. The molecule has 140 valence electrons. The second-order valence-electron chi connectivity index (χ2n) is 5.02. The Morgan fingerprint density at radius 3 is 2.28 bits per heavy atom. The predicted octanol–water partition coefficient (Wildman–Crippen LogP) is 4.14. The van der Waals surface area contributed by atoms with Crippen LogP contribution in [-0.4, -0.2) is 30.3 Å². The molecular weight excluding hydrogens is 384 g/mol. The van der Waals surface area contributed by atoms with E-state index in [1.165, 1.54) is 19.1 Å². The summed E-state index contributed by atoms with van der Waals surface area (Å²) in [7, 11) is 0. The van der Waals surface area contributed by atoms with E-state index in [9.17, 15) is 22.8 Å². The van der Waals surface area contributed by atoms with Gasteiger partial charge in [-0.1, -0.05) is 30.1 Å². The number of hydrogen-bond donors (Lipinski definition) is 2. The summed E-state index contributed by atoms with van der Waals surface area (Å²) in [6, 6.07) is 3.56. The molecule has 1 rings (SSSR count). The lowest BCUT2D eigenvalue weighted by atomic mass is 10.1. The second-order valence-corrected chi connectivity index (χ2v) is 5.83. The maximum absolute atomic E-state index is 13.8. The summed E-state index contributed by atoms with van der Waals surface area (Å²) in [4.78, 5) is 23.9. The number of ether oxygens (including phenoxy) is 1. The zero-order chi connectivity index (χ0) is 19.3. The van der Waals surface area contributed by atoms with Gasteiger partial charge in [-0.2, -0.15) is 13.2 Å². The van der Waals surface area contributed by atoms with Crippen molar-refractivity contribution in [3.63, 3.8) is 0 Å². The fourth-order valence-electron chi connectivity index (χ4n) is 1.92. The van der Waals surface area contributed by atoms with Gasteiger partial charge in [-0.05, 0) is 31.5 Å². The first-order chi connectivity index (χ1) is 11.6. The van der Waals surface area contributed by atoms with Gasteiger partial charge >= 0.3 is 17.8 Å². The Morgan fingerprint density at radius 1 is 1.16 bits per heavy atom. The van der Waals surface area contributed by atoms with Gasteiger partial charge in [0.05, 0.1) is 16.7 Å². The zero-order valence-electron chi connectivity index (χ0n) is 13.5. The highest BCUT2D eigenvalue weighted by molar-refractivity contribution is 6.42. The third-order valence-corrected chi connectivity index (χ3v) is 3.80. The van der Waals surface area contributed by atoms with E-state index in [4.69, 9.17) is 23.2 Å². The van der Waals surface area contributed by atoms with Crippen LogP contribution in [0, 0.1) is 0 Å². The molecule has 0 bridgehead atoms. The number of halogens is 5. The van der Waals surface area contributed by atoms with E-state index in [1.807, 2.05) is 5.32 Å². The first-order valence-corrected chi connectivity index (χ1v) is 8.11. The van der Waals surface area contributed by atoms with Crippen LogP contribution in [0.3, 0.4) is 0 Å². The van der Waals surface area contributed by atoms with Crippen molar-refractivity contribution in [2.24, 2.45) is 0 Å². The quantitative estimate of drug-likeness (QED) is 0.532. The molecule has 0 saturated heterocycles. The van der Waals surface area contributed by atoms with Gasteiger partial charge in [-0.25, -0.2) is 4.79 Å². The van der Waals surface area contributed by atoms with Gasteiger partial charge in [0.15, 0.2) is 0 Å². The van der Waals surface area contributed by atoms with Crippen molar-refractivity contribution < 1.29 is 27.5 Å². The number of carbonyl (C=O) groups is 2. The lowest BCUT2D eigenvalue weighted by Crippen LogP contribution is -2.69. The molecule has 0 radical (unpaired) electrons. The molecular formula is C15H17Cl2F3N2O3. The molecule has 0 fully saturated rings. The number of benzene rings is 1. The number of amides is 1. The highest BCUT2D eigenvalue weighted by atomic mass is 35.5. The molecule has 1 aromatic carbocycles. The molecule has 2 N–H and O–H groups in total. The first-order valence-electron chi connectivity index (χ1n) is 7.35. The van der Waals surface area contributed by atoms with Gasteiger partial charge in [-0.3, -0.25) is 4.79 Å². The summed E-state index contributed by atoms with van der Waals surface area (Å²) in [5, 5.41) is 3.81. The Bertz CT molecular complexity index is 641. The molecule has 1 unspecified atom stereocenters. The molecule has 25 heavy (non-hydrogen) atoms. The van der Waals surface area contributed by atoms with Crippen molar-refractivity contribution >= 4 is 40.8 Å². The summed E-state index contributed by atoms with van der Waals surface area (Å²) in [5.74, 6) is -2.64. The highest BCUT2D eigenvalue weighted by Crippen LogP contribution is 2.35. The SMILES string of the molecule is CCCC(=O)NC(Nc1ccc(Cl)c(Cl)c1)(C(=O)OCC)C(F)(F)F. The van der Waals surface area contributed by atoms with Crippen LogP contribution in [0.4, 0.5) is 18.9 Å². The van der Waals surface area contributed by atoms with Crippen molar-refractivity contribution in [1.29, 1.82) is 0 Å². The van der Waals surface area contributed by atoms with Crippen molar-refractivity contribution in [1.82, 2.24) is 5.32 Å². The molecule has 0 aromatic heterocycles. The van der Waals surface area contributed by atoms with Gasteiger partial charge < -0.3 is 15.4 Å². The van der Waals surface area contributed by atoms with Crippen molar-refractivity contribution in [3.8, 4) is 0 Å². The van der Waals surface area contributed by atoms with Gasteiger partial charge in [-0.15, -0.1) is 0 Å². The number of esters is 1. The fourth-order valence-corrected chi connectivity index (χ4v) is 2.22. The Labute approximate surface area is 152 Å². The molecule has 1 aromatic rings. The Balaban J connectivity index is 3.37. The molecule has 0 spiro atoms. The van der Waals surface area contributed by atoms with E-state index in [1.54, 1.807) is 12.2 Å². The van der Waals surface area contributed by atoms with Crippen molar-refractivity contribution in [3.05, 3.63) is 28.2 Å².